The van der Waals surface area contributed by atoms with Crippen LogP contribution in [0.2, 0.25) is 0 Å². The quantitative estimate of drug-likeness (QED) is 0.866. The normalized spacial score (nSPS) is 18.6. The van der Waals surface area contributed by atoms with E-state index < -0.39 is 0 Å². The molecule has 0 spiro atoms. The first-order valence-corrected chi connectivity index (χ1v) is 7.58. The van der Waals surface area contributed by atoms with E-state index in [4.69, 9.17) is 4.74 Å². The van der Waals surface area contributed by atoms with Gasteiger partial charge in [0.2, 0.25) is 0 Å². The number of nitrogens with one attached hydrogen (secondary N) is 1. The van der Waals surface area contributed by atoms with Crippen LogP contribution in [0, 0.1) is 5.92 Å². The maximum atomic E-state index is 12.5. The smallest absolute Gasteiger partial charge is 0.274 e. The lowest BCUT2D eigenvalue weighted by Gasteiger charge is -2.32. The second-order valence-electron chi connectivity index (χ2n) is 5.43. The molecule has 1 aromatic heterocycles. The SMILES string of the molecule is CCCNc1cncc(C(=O)N2CCCC(COC)C2)n1. The highest BCUT2D eigenvalue weighted by Crippen LogP contribution is 2.18. The Labute approximate surface area is 125 Å². The number of hydrogen-bond donors (Lipinski definition) is 1. The van der Waals surface area contributed by atoms with Gasteiger partial charge in [0, 0.05) is 26.7 Å². The molecule has 0 radical (unpaired) electrons. The van der Waals surface area contributed by atoms with Crippen LogP contribution in [0.1, 0.15) is 36.7 Å². The van der Waals surface area contributed by atoms with E-state index in [1.54, 1.807) is 19.5 Å². The number of rotatable bonds is 6. The first-order valence-electron chi connectivity index (χ1n) is 7.58. The zero-order valence-corrected chi connectivity index (χ0v) is 12.8. The highest BCUT2D eigenvalue weighted by atomic mass is 16.5. The molecule has 0 aromatic carbocycles. The molecule has 1 atom stereocenters. The van der Waals surface area contributed by atoms with Crippen molar-refractivity contribution in [3.8, 4) is 0 Å². The van der Waals surface area contributed by atoms with Gasteiger partial charge in [-0.1, -0.05) is 6.92 Å². The molecule has 2 heterocycles. The van der Waals surface area contributed by atoms with E-state index in [0.29, 0.717) is 24.0 Å². The number of aromatic nitrogens is 2. The monoisotopic (exact) mass is 292 g/mol. The molecule has 2 rings (SSSR count). The van der Waals surface area contributed by atoms with Gasteiger partial charge in [-0.05, 0) is 25.2 Å². The predicted octanol–water partition coefficient (Wildman–Crippen LogP) is 1.80. The van der Waals surface area contributed by atoms with Crippen molar-refractivity contribution in [3.05, 3.63) is 18.1 Å². The number of anilines is 1. The molecule has 6 nitrogen and oxygen atoms in total. The highest BCUT2D eigenvalue weighted by molar-refractivity contribution is 5.92. The molecular weight excluding hydrogens is 268 g/mol. The van der Waals surface area contributed by atoms with E-state index in [9.17, 15) is 4.79 Å². The third-order valence-electron chi connectivity index (χ3n) is 3.62. The van der Waals surface area contributed by atoms with Crippen molar-refractivity contribution >= 4 is 11.7 Å². The van der Waals surface area contributed by atoms with Gasteiger partial charge in [-0.2, -0.15) is 0 Å². The first kappa shape index (κ1) is 15.7. The third-order valence-corrected chi connectivity index (χ3v) is 3.62. The average molecular weight is 292 g/mol. The minimum Gasteiger partial charge on any atom is -0.384 e. The largest absolute Gasteiger partial charge is 0.384 e. The summed E-state index contributed by atoms with van der Waals surface area (Å²) in [6.45, 7) is 5.13. The number of piperidine rings is 1. The van der Waals surface area contributed by atoms with Gasteiger partial charge in [0.15, 0.2) is 0 Å². The molecule has 1 saturated heterocycles. The second-order valence-corrected chi connectivity index (χ2v) is 5.43. The summed E-state index contributed by atoms with van der Waals surface area (Å²) in [7, 11) is 1.70. The van der Waals surface area contributed by atoms with Gasteiger partial charge in [-0.3, -0.25) is 9.78 Å². The van der Waals surface area contributed by atoms with Gasteiger partial charge < -0.3 is 15.0 Å². The lowest BCUT2D eigenvalue weighted by atomic mass is 9.99. The summed E-state index contributed by atoms with van der Waals surface area (Å²) in [4.78, 5) is 22.9. The molecule has 1 aromatic rings. The van der Waals surface area contributed by atoms with E-state index in [2.05, 4.69) is 22.2 Å². The molecule has 1 fully saturated rings. The number of likely N-dealkylation sites (tertiary alicyclic amines) is 1. The van der Waals surface area contributed by atoms with E-state index in [1.807, 2.05) is 4.90 Å². The number of carbonyl (C=O) groups is 1. The number of ether oxygens (including phenoxy) is 1. The van der Waals surface area contributed by atoms with E-state index in [0.717, 1.165) is 38.9 Å². The minimum absolute atomic E-state index is 0.0385. The Morgan fingerprint density at radius 1 is 1.52 bits per heavy atom. The molecule has 0 bridgehead atoms. The Balaban J connectivity index is 2.01. The number of amides is 1. The third kappa shape index (κ3) is 4.39. The Kier molecular flexibility index (Phi) is 5.92. The zero-order chi connectivity index (χ0) is 15.1. The summed E-state index contributed by atoms with van der Waals surface area (Å²) in [5.41, 5.74) is 0.411. The summed E-state index contributed by atoms with van der Waals surface area (Å²) < 4.78 is 5.20. The average Bonchev–Trinajstić information content (AvgIpc) is 2.53. The predicted molar refractivity (Wildman–Crippen MR) is 81.3 cm³/mol. The molecular formula is C15H24N4O2. The molecule has 0 aliphatic carbocycles. The Morgan fingerprint density at radius 2 is 2.38 bits per heavy atom. The van der Waals surface area contributed by atoms with Gasteiger partial charge in [-0.15, -0.1) is 0 Å². The number of hydrogen-bond acceptors (Lipinski definition) is 5. The van der Waals surface area contributed by atoms with E-state index in [-0.39, 0.29) is 5.91 Å². The molecule has 0 saturated carbocycles. The topological polar surface area (TPSA) is 67.4 Å². The number of carbonyl (C=O) groups excluding carboxylic acids is 1. The van der Waals surface area contributed by atoms with Crippen LogP contribution in [0.15, 0.2) is 12.4 Å². The van der Waals surface area contributed by atoms with Crippen molar-refractivity contribution in [2.45, 2.75) is 26.2 Å². The van der Waals surface area contributed by atoms with Gasteiger partial charge in [-0.25, -0.2) is 4.98 Å². The summed E-state index contributed by atoms with van der Waals surface area (Å²) in [5, 5.41) is 3.16. The molecule has 1 aliphatic heterocycles. The van der Waals surface area contributed by atoms with Gasteiger partial charge in [0.05, 0.1) is 19.0 Å². The van der Waals surface area contributed by atoms with Gasteiger partial charge in [0.1, 0.15) is 11.5 Å². The van der Waals surface area contributed by atoms with Gasteiger partial charge >= 0.3 is 0 Å². The highest BCUT2D eigenvalue weighted by Gasteiger charge is 2.25. The summed E-state index contributed by atoms with van der Waals surface area (Å²) in [6, 6.07) is 0. The maximum Gasteiger partial charge on any atom is 0.274 e. The Hall–Kier alpha value is -1.69. The maximum absolute atomic E-state index is 12.5. The van der Waals surface area contributed by atoms with E-state index in [1.165, 1.54) is 0 Å². The Bertz CT molecular complexity index is 465. The van der Waals surface area contributed by atoms with Crippen LogP contribution in [0.3, 0.4) is 0 Å². The number of nitrogens with zero attached hydrogens (tertiary/aromatic N) is 3. The summed E-state index contributed by atoms with van der Waals surface area (Å²) >= 11 is 0. The standard InChI is InChI=1S/C15H24N4O2/c1-3-6-17-14-9-16-8-13(18-14)15(20)19-7-4-5-12(10-19)11-21-2/h8-9,12H,3-7,10-11H2,1-2H3,(H,17,18). The van der Waals surface area contributed by atoms with Crippen LogP contribution >= 0.6 is 0 Å². The van der Waals surface area contributed by atoms with Crippen LogP contribution in [-0.2, 0) is 4.74 Å². The van der Waals surface area contributed by atoms with Crippen molar-refractivity contribution in [3.63, 3.8) is 0 Å². The summed E-state index contributed by atoms with van der Waals surface area (Å²) in [6.07, 6.45) is 6.32. The molecule has 1 unspecified atom stereocenters. The summed E-state index contributed by atoms with van der Waals surface area (Å²) in [5.74, 6) is 1.04. The molecule has 1 aliphatic rings. The first-order chi connectivity index (χ1) is 10.2. The van der Waals surface area contributed by atoms with Crippen LogP contribution < -0.4 is 5.32 Å². The van der Waals surface area contributed by atoms with Crippen LogP contribution in [0.4, 0.5) is 5.82 Å². The minimum atomic E-state index is -0.0385. The fourth-order valence-electron chi connectivity index (χ4n) is 2.59. The van der Waals surface area contributed by atoms with Crippen LogP contribution in [-0.4, -0.2) is 54.1 Å². The van der Waals surface area contributed by atoms with Crippen molar-refractivity contribution < 1.29 is 9.53 Å². The Morgan fingerprint density at radius 3 is 3.14 bits per heavy atom. The molecule has 116 valence electrons. The fraction of sp³-hybridized carbons (Fsp3) is 0.667. The van der Waals surface area contributed by atoms with Crippen molar-refractivity contribution in [1.29, 1.82) is 0 Å². The van der Waals surface area contributed by atoms with Crippen molar-refractivity contribution in [2.75, 3.05) is 38.7 Å². The van der Waals surface area contributed by atoms with Crippen molar-refractivity contribution in [1.82, 2.24) is 14.9 Å². The van der Waals surface area contributed by atoms with Crippen LogP contribution in [0.25, 0.3) is 0 Å². The molecule has 1 amide bonds. The molecule has 21 heavy (non-hydrogen) atoms. The van der Waals surface area contributed by atoms with E-state index >= 15 is 0 Å². The lowest BCUT2D eigenvalue weighted by Crippen LogP contribution is -2.41. The lowest BCUT2D eigenvalue weighted by molar-refractivity contribution is 0.0565. The number of methoxy groups -OCH3 is 1. The molecule has 6 heteroatoms. The van der Waals surface area contributed by atoms with Crippen LogP contribution in [0.5, 0.6) is 0 Å². The second kappa shape index (κ2) is 7.93. The fourth-order valence-corrected chi connectivity index (χ4v) is 2.59. The van der Waals surface area contributed by atoms with Crippen molar-refractivity contribution in [2.24, 2.45) is 5.92 Å². The van der Waals surface area contributed by atoms with Gasteiger partial charge in [0.25, 0.3) is 5.91 Å². The zero-order valence-electron chi connectivity index (χ0n) is 12.8. The molecule has 1 N–H and O–H groups in total.